The van der Waals surface area contributed by atoms with Gasteiger partial charge in [0, 0.05) is 10.4 Å². The monoisotopic (exact) mass is 304 g/mol. The summed E-state index contributed by atoms with van der Waals surface area (Å²) < 4.78 is 13.8. The van der Waals surface area contributed by atoms with Crippen molar-refractivity contribution in [1.29, 1.82) is 0 Å². The van der Waals surface area contributed by atoms with Crippen LogP contribution in [0.3, 0.4) is 0 Å². The predicted octanol–water partition coefficient (Wildman–Crippen LogP) is 5.96. The first-order valence-corrected chi connectivity index (χ1v) is 7.05. The lowest BCUT2D eigenvalue weighted by Crippen LogP contribution is -1.95. The Morgan fingerprint density at radius 2 is 1.60 bits per heavy atom. The van der Waals surface area contributed by atoms with Crippen LogP contribution in [-0.2, 0) is 0 Å². The quantitative estimate of drug-likeness (QED) is 0.512. The van der Waals surface area contributed by atoms with Gasteiger partial charge in [-0.15, -0.1) is 11.6 Å². The van der Waals surface area contributed by atoms with Gasteiger partial charge in [-0.05, 0) is 34.7 Å². The molecule has 0 nitrogen and oxygen atoms in total. The zero-order valence-electron chi connectivity index (χ0n) is 10.5. The van der Waals surface area contributed by atoms with Crippen molar-refractivity contribution in [2.24, 2.45) is 0 Å². The molecule has 3 rings (SSSR count). The van der Waals surface area contributed by atoms with Crippen LogP contribution in [0, 0.1) is 5.82 Å². The Bertz CT molecular complexity index is 768. The van der Waals surface area contributed by atoms with E-state index < -0.39 is 0 Å². The van der Waals surface area contributed by atoms with Gasteiger partial charge in [0.1, 0.15) is 5.82 Å². The Morgan fingerprint density at radius 1 is 0.850 bits per heavy atom. The largest absolute Gasteiger partial charge is 0.206 e. The average Bonchev–Trinajstić information content (AvgIpc) is 2.47. The lowest BCUT2D eigenvalue weighted by molar-refractivity contribution is 0.639. The van der Waals surface area contributed by atoms with E-state index in [1.54, 1.807) is 18.2 Å². The molecule has 0 saturated carbocycles. The average molecular weight is 305 g/mol. The van der Waals surface area contributed by atoms with E-state index in [9.17, 15) is 4.39 Å². The summed E-state index contributed by atoms with van der Waals surface area (Å²) in [4.78, 5) is 0. The highest BCUT2D eigenvalue weighted by molar-refractivity contribution is 6.31. The van der Waals surface area contributed by atoms with Gasteiger partial charge < -0.3 is 0 Å². The summed E-state index contributed by atoms with van der Waals surface area (Å²) in [7, 11) is 0. The fraction of sp³-hybridized carbons (Fsp3) is 0.0588. The number of rotatable bonds is 2. The fourth-order valence-corrected chi connectivity index (χ4v) is 2.88. The number of fused-ring (bicyclic) bond motifs is 1. The highest BCUT2D eigenvalue weighted by Gasteiger charge is 2.15. The highest BCUT2D eigenvalue weighted by atomic mass is 35.5. The third-order valence-electron chi connectivity index (χ3n) is 3.32. The Labute approximate surface area is 126 Å². The molecule has 0 radical (unpaired) electrons. The molecule has 1 atom stereocenters. The topological polar surface area (TPSA) is 0 Å². The first-order chi connectivity index (χ1) is 9.66. The number of benzene rings is 3. The molecule has 0 bridgehead atoms. The van der Waals surface area contributed by atoms with E-state index in [2.05, 4.69) is 0 Å². The van der Waals surface area contributed by atoms with Crippen molar-refractivity contribution in [3.63, 3.8) is 0 Å². The molecule has 0 amide bonds. The van der Waals surface area contributed by atoms with E-state index in [4.69, 9.17) is 23.2 Å². The highest BCUT2D eigenvalue weighted by Crippen LogP contribution is 2.35. The van der Waals surface area contributed by atoms with Gasteiger partial charge in [0.05, 0.1) is 5.38 Å². The number of hydrogen-bond acceptors (Lipinski definition) is 0. The minimum atomic E-state index is -0.362. The van der Waals surface area contributed by atoms with Gasteiger partial charge in [-0.1, -0.05) is 54.1 Å². The van der Waals surface area contributed by atoms with Crippen molar-refractivity contribution >= 4 is 34.0 Å². The molecule has 0 saturated heterocycles. The van der Waals surface area contributed by atoms with Crippen molar-refractivity contribution in [2.45, 2.75) is 5.38 Å². The Hall–Kier alpha value is -1.57. The molecule has 3 aromatic carbocycles. The van der Waals surface area contributed by atoms with Crippen LogP contribution in [0.2, 0.25) is 5.02 Å². The number of halogens is 3. The second-order valence-electron chi connectivity index (χ2n) is 4.60. The Balaban J connectivity index is 2.17. The minimum Gasteiger partial charge on any atom is -0.206 e. The predicted molar refractivity (Wildman–Crippen MR) is 83.1 cm³/mol. The molecule has 20 heavy (non-hydrogen) atoms. The van der Waals surface area contributed by atoms with Crippen molar-refractivity contribution in [3.05, 3.63) is 82.6 Å². The molecule has 1 unspecified atom stereocenters. The summed E-state index contributed by atoms with van der Waals surface area (Å²) in [6.45, 7) is 0. The minimum absolute atomic E-state index is 0.237. The molecule has 100 valence electrons. The Kier molecular flexibility index (Phi) is 3.64. The van der Waals surface area contributed by atoms with E-state index in [1.165, 1.54) is 6.07 Å². The molecule has 0 aromatic heterocycles. The van der Waals surface area contributed by atoms with Crippen molar-refractivity contribution < 1.29 is 4.39 Å². The van der Waals surface area contributed by atoms with Crippen LogP contribution in [0.1, 0.15) is 16.5 Å². The molecule has 3 aromatic rings. The fourth-order valence-electron chi connectivity index (χ4n) is 2.35. The van der Waals surface area contributed by atoms with E-state index >= 15 is 0 Å². The third kappa shape index (κ3) is 2.39. The Morgan fingerprint density at radius 3 is 2.35 bits per heavy atom. The summed E-state index contributed by atoms with van der Waals surface area (Å²) in [6, 6.07) is 17.9. The zero-order chi connectivity index (χ0) is 14.1. The maximum absolute atomic E-state index is 13.8. The summed E-state index contributed by atoms with van der Waals surface area (Å²) >= 11 is 12.6. The molecule has 0 heterocycles. The maximum atomic E-state index is 13.8. The van der Waals surface area contributed by atoms with Crippen molar-refractivity contribution in [1.82, 2.24) is 0 Å². The summed E-state index contributed by atoms with van der Waals surface area (Å²) in [5, 5.41) is 1.68. The van der Waals surface area contributed by atoms with Crippen molar-refractivity contribution in [3.8, 4) is 0 Å². The zero-order valence-corrected chi connectivity index (χ0v) is 12.0. The van der Waals surface area contributed by atoms with Crippen LogP contribution in [0.15, 0.2) is 60.7 Å². The van der Waals surface area contributed by atoms with Crippen LogP contribution in [-0.4, -0.2) is 0 Å². The van der Waals surface area contributed by atoms with E-state index in [0.717, 1.165) is 16.5 Å². The first kappa shape index (κ1) is 13.4. The van der Waals surface area contributed by atoms with Crippen LogP contribution >= 0.6 is 23.2 Å². The van der Waals surface area contributed by atoms with Crippen LogP contribution in [0.25, 0.3) is 10.8 Å². The summed E-state index contributed by atoms with van der Waals surface area (Å²) in [6.07, 6.45) is 0. The van der Waals surface area contributed by atoms with Gasteiger partial charge in [-0.3, -0.25) is 0 Å². The van der Waals surface area contributed by atoms with Gasteiger partial charge in [0.15, 0.2) is 0 Å². The van der Waals surface area contributed by atoms with Crippen LogP contribution in [0.5, 0.6) is 0 Å². The van der Waals surface area contributed by atoms with Crippen molar-refractivity contribution in [2.75, 3.05) is 0 Å². The van der Waals surface area contributed by atoms with Gasteiger partial charge in [-0.2, -0.15) is 0 Å². The lowest BCUT2D eigenvalue weighted by atomic mass is 9.98. The molecule has 0 fully saturated rings. The second-order valence-corrected chi connectivity index (χ2v) is 5.47. The molecular weight excluding hydrogens is 294 g/mol. The molecular formula is C17H11Cl2F. The van der Waals surface area contributed by atoms with E-state index in [-0.39, 0.29) is 11.2 Å². The van der Waals surface area contributed by atoms with Gasteiger partial charge in [0.2, 0.25) is 0 Å². The molecule has 0 N–H and O–H groups in total. The van der Waals surface area contributed by atoms with E-state index in [0.29, 0.717) is 10.4 Å². The van der Waals surface area contributed by atoms with Gasteiger partial charge in [-0.25, -0.2) is 4.39 Å². The molecule has 0 aliphatic carbocycles. The molecule has 0 aliphatic rings. The summed E-state index contributed by atoms with van der Waals surface area (Å²) in [5.41, 5.74) is 1.78. The SMILES string of the molecule is Fc1ccc(C(Cl)c2cccc(Cl)c2)c2ccccc12. The van der Waals surface area contributed by atoms with Gasteiger partial charge >= 0.3 is 0 Å². The number of alkyl halides is 1. The van der Waals surface area contributed by atoms with Gasteiger partial charge in [0.25, 0.3) is 0 Å². The molecule has 3 heteroatoms. The molecule has 0 aliphatic heterocycles. The third-order valence-corrected chi connectivity index (χ3v) is 4.04. The number of hydrogen-bond donors (Lipinski definition) is 0. The van der Waals surface area contributed by atoms with E-state index in [1.807, 2.05) is 36.4 Å². The standard InChI is InChI=1S/C17H11Cl2F/c18-12-5-3-4-11(10-12)17(19)15-8-9-16(20)14-7-2-1-6-13(14)15/h1-10,17H. The second kappa shape index (κ2) is 5.43. The summed E-state index contributed by atoms with van der Waals surface area (Å²) in [5.74, 6) is -0.237. The maximum Gasteiger partial charge on any atom is 0.131 e. The van der Waals surface area contributed by atoms with Crippen LogP contribution < -0.4 is 0 Å². The van der Waals surface area contributed by atoms with Crippen LogP contribution in [0.4, 0.5) is 4.39 Å². The lowest BCUT2D eigenvalue weighted by Gasteiger charge is -2.14. The first-order valence-electron chi connectivity index (χ1n) is 6.23. The normalized spacial score (nSPS) is 12.6. The smallest absolute Gasteiger partial charge is 0.131 e. The molecule has 0 spiro atoms.